The van der Waals surface area contributed by atoms with Crippen LogP contribution >= 0.6 is 11.8 Å². The second-order valence-corrected chi connectivity index (χ2v) is 7.96. The largest absolute Gasteiger partial charge is 0.451 e. The Kier molecular flexibility index (Phi) is 6.34. The number of ether oxygens (including phenoxy) is 1. The molecule has 0 spiro atoms. The van der Waals surface area contributed by atoms with Gasteiger partial charge in [-0.2, -0.15) is 10.4 Å². The molecule has 4 rings (SSSR count). The van der Waals surface area contributed by atoms with Gasteiger partial charge in [-0.25, -0.2) is 9.48 Å². The monoisotopic (exact) mass is 432 g/mol. The Bertz CT molecular complexity index is 1150. The van der Waals surface area contributed by atoms with Crippen LogP contribution < -0.4 is 5.32 Å². The third-order valence-corrected chi connectivity index (χ3v) is 5.85. The zero-order valence-electron chi connectivity index (χ0n) is 16.7. The number of nitriles is 1. The van der Waals surface area contributed by atoms with Crippen molar-refractivity contribution in [3.05, 3.63) is 71.5 Å². The van der Waals surface area contributed by atoms with Gasteiger partial charge in [0, 0.05) is 16.2 Å². The molecule has 8 heteroatoms. The van der Waals surface area contributed by atoms with Gasteiger partial charge in [0.25, 0.3) is 5.91 Å². The topological polar surface area (TPSA) is 97.0 Å². The number of para-hydroxylation sites is 2. The van der Waals surface area contributed by atoms with Crippen molar-refractivity contribution in [1.82, 2.24) is 9.78 Å². The van der Waals surface area contributed by atoms with Crippen molar-refractivity contribution in [3.63, 3.8) is 0 Å². The summed E-state index contributed by atoms with van der Waals surface area (Å²) >= 11 is 1.33. The molecular formula is C23H20N4O3S. The molecule has 3 aromatic rings. The fraction of sp³-hybridized carbons (Fsp3) is 0.217. The summed E-state index contributed by atoms with van der Waals surface area (Å²) < 4.78 is 7.06. The number of aromatic nitrogens is 2. The quantitative estimate of drug-likeness (QED) is 0.451. The first-order valence-electron chi connectivity index (χ1n) is 9.89. The second-order valence-electron chi connectivity index (χ2n) is 6.94. The molecule has 0 fully saturated rings. The molecule has 31 heavy (non-hydrogen) atoms. The molecular weight excluding hydrogens is 412 g/mol. The summed E-state index contributed by atoms with van der Waals surface area (Å²) in [5, 5.41) is 16.0. The van der Waals surface area contributed by atoms with E-state index in [-0.39, 0.29) is 11.4 Å². The van der Waals surface area contributed by atoms with Crippen LogP contribution in [0.1, 0.15) is 28.2 Å². The average molecular weight is 433 g/mol. The first kappa shape index (κ1) is 20.7. The van der Waals surface area contributed by atoms with Crippen molar-refractivity contribution < 1.29 is 14.3 Å². The highest BCUT2D eigenvalue weighted by Crippen LogP contribution is 2.29. The molecule has 1 amide bonds. The fourth-order valence-electron chi connectivity index (χ4n) is 3.58. The van der Waals surface area contributed by atoms with Crippen molar-refractivity contribution >= 4 is 29.3 Å². The molecule has 0 saturated heterocycles. The van der Waals surface area contributed by atoms with E-state index in [9.17, 15) is 9.59 Å². The lowest BCUT2D eigenvalue weighted by molar-refractivity contribution is -0.119. The predicted molar refractivity (Wildman–Crippen MR) is 117 cm³/mol. The molecule has 0 saturated carbocycles. The number of hydrogen-bond acceptors (Lipinski definition) is 6. The van der Waals surface area contributed by atoms with Crippen LogP contribution in [0.25, 0.3) is 5.69 Å². The van der Waals surface area contributed by atoms with Crippen molar-refractivity contribution in [2.75, 3.05) is 17.7 Å². The van der Waals surface area contributed by atoms with Gasteiger partial charge in [-0.15, -0.1) is 11.8 Å². The van der Waals surface area contributed by atoms with Crippen LogP contribution in [0.5, 0.6) is 0 Å². The highest BCUT2D eigenvalue weighted by molar-refractivity contribution is 7.99. The lowest BCUT2D eigenvalue weighted by atomic mass is 10.2. The molecule has 0 unspecified atom stereocenters. The summed E-state index contributed by atoms with van der Waals surface area (Å²) in [6.45, 7) is -0.414. The van der Waals surface area contributed by atoms with Crippen LogP contribution in [0.3, 0.4) is 0 Å². The molecule has 1 aliphatic carbocycles. The van der Waals surface area contributed by atoms with Crippen LogP contribution in [-0.4, -0.2) is 34.0 Å². The SMILES string of the molecule is N#CCSc1ccccc1NC(=O)COC(=O)c1nn(-c2ccccc2)c2c1CCC2. The Morgan fingerprint density at radius 3 is 2.71 bits per heavy atom. The molecule has 7 nitrogen and oxygen atoms in total. The Balaban J connectivity index is 1.43. The van der Waals surface area contributed by atoms with Gasteiger partial charge in [-0.05, 0) is 43.5 Å². The lowest BCUT2D eigenvalue weighted by Crippen LogP contribution is -2.22. The van der Waals surface area contributed by atoms with Gasteiger partial charge in [0.15, 0.2) is 12.3 Å². The molecule has 0 aliphatic heterocycles. The molecule has 1 heterocycles. The number of nitrogens with one attached hydrogen (secondary N) is 1. The lowest BCUT2D eigenvalue weighted by Gasteiger charge is -2.10. The summed E-state index contributed by atoms with van der Waals surface area (Å²) in [6, 6.07) is 18.9. The van der Waals surface area contributed by atoms with Gasteiger partial charge in [0.2, 0.25) is 0 Å². The van der Waals surface area contributed by atoms with E-state index in [0.29, 0.717) is 5.69 Å². The van der Waals surface area contributed by atoms with Crippen molar-refractivity contribution in [1.29, 1.82) is 5.26 Å². The number of hydrogen-bond donors (Lipinski definition) is 1. The summed E-state index contributed by atoms with van der Waals surface area (Å²) in [5.41, 5.74) is 3.66. The minimum atomic E-state index is -0.602. The zero-order chi connectivity index (χ0) is 21.6. The van der Waals surface area contributed by atoms with E-state index in [4.69, 9.17) is 10.00 Å². The van der Waals surface area contributed by atoms with E-state index in [1.54, 1.807) is 16.8 Å². The zero-order valence-corrected chi connectivity index (χ0v) is 17.5. The summed E-state index contributed by atoms with van der Waals surface area (Å²) in [4.78, 5) is 25.8. The fourth-order valence-corrected chi connectivity index (χ4v) is 4.25. The summed E-state index contributed by atoms with van der Waals surface area (Å²) in [5.74, 6) is -0.774. The maximum atomic E-state index is 12.7. The van der Waals surface area contributed by atoms with E-state index < -0.39 is 18.5 Å². The average Bonchev–Trinajstić information content (AvgIpc) is 3.40. The van der Waals surface area contributed by atoms with E-state index in [1.807, 2.05) is 42.5 Å². The number of anilines is 1. The number of esters is 1. The Morgan fingerprint density at radius 2 is 1.90 bits per heavy atom. The van der Waals surface area contributed by atoms with Crippen LogP contribution in [0.4, 0.5) is 5.69 Å². The molecule has 0 radical (unpaired) electrons. The van der Waals surface area contributed by atoms with E-state index in [1.165, 1.54) is 11.8 Å². The van der Waals surface area contributed by atoms with Crippen LogP contribution in [0.2, 0.25) is 0 Å². The van der Waals surface area contributed by atoms with Gasteiger partial charge < -0.3 is 10.1 Å². The minimum absolute atomic E-state index is 0.272. The first-order valence-corrected chi connectivity index (χ1v) is 10.9. The molecule has 0 bridgehead atoms. The third-order valence-electron chi connectivity index (χ3n) is 4.91. The van der Waals surface area contributed by atoms with Crippen molar-refractivity contribution in [2.24, 2.45) is 0 Å². The standard InChI is InChI=1S/C23H20N4O3S/c24-13-14-31-20-12-5-4-10-18(20)25-21(28)15-30-23(29)22-17-9-6-11-19(17)27(26-22)16-7-2-1-3-8-16/h1-5,7-8,10,12H,6,9,11,14-15H2,(H,25,28). The third kappa shape index (κ3) is 4.62. The van der Waals surface area contributed by atoms with Gasteiger partial charge in [0.05, 0.1) is 23.2 Å². The number of carbonyl (C=O) groups is 2. The molecule has 1 N–H and O–H groups in total. The van der Waals surface area contributed by atoms with Crippen LogP contribution in [0.15, 0.2) is 59.5 Å². The first-order chi connectivity index (χ1) is 15.2. The smallest absolute Gasteiger partial charge is 0.359 e. The summed E-state index contributed by atoms with van der Waals surface area (Å²) in [7, 11) is 0. The molecule has 1 aromatic heterocycles. The van der Waals surface area contributed by atoms with Crippen LogP contribution in [-0.2, 0) is 22.4 Å². The molecule has 156 valence electrons. The second kappa shape index (κ2) is 9.49. The predicted octanol–water partition coefficient (Wildman–Crippen LogP) is 3.77. The van der Waals surface area contributed by atoms with Gasteiger partial charge in [-0.3, -0.25) is 4.79 Å². The van der Waals surface area contributed by atoms with E-state index >= 15 is 0 Å². The minimum Gasteiger partial charge on any atom is -0.451 e. The van der Waals surface area contributed by atoms with Crippen LogP contribution in [0, 0.1) is 11.3 Å². The van der Waals surface area contributed by atoms with Crippen molar-refractivity contribution in [3.8, 4) is 11.8 Å². The highest BCUT2D eigenvalue weighted by Gasteiger charge is 2.28. The van der Waals surface area contributed by atoms with E-state index in [2.05, 4.69) is 16.5 Å². The number of benzene rings is 2. The molecule has 0 atom stereocenters. The maximum absolute atomic E-state index is 12.7. The highest BCUT2D eigenvalue weighted by atomic mass is 32.2. The Morgan fingerprint density at radius 1 is 1.13 bits per heavy atom. The van der Waals surface area contributed by atoms with Gasteiger partial charge >= 0.3 is 5.97 Å². The number of fused-ring (bicyclic) bond motifs is 1. The normalized spacial score (nSPS) is 12.1. The number of nitrogens with zero attached hydrogens (tertiary/aromatic N) is 3. The van der Waals surface area contributed by atoms with Gasteiger partial charge in [0.1, 0.15) is 0 Å². The van der Waals surface area contributed by atoms with E-state index in [0.717, 1.165) is 41.1 Å². The Hall–Kier alpha value is -3.57. The number of amides is 1. The van der Waals surface area contributed by atoms with Gasteiger partial charge in [-0.1, -0.05) is 30.3 Å². The maximum Gasteiger partial charge on any atom is 0.359 e. The Labute approximate surface area is 184 Å². The summed E-state index contributed by atoms with van der Waals surface area (Å²) in [6.07, 6.45) is 2.57. The van der Waals surface area contributed by atoms with Crippen molar-refractivity contribution in [2.45, 2.75) is 24.2 Å². The number of carbonyl (C=O) groups excluding carboxylic acids is 2. The molecule has 2 aromatic carbocycles. The number of rotatable bonds is 7. The number of thioether (sulfide) groups is 1. The molecule has 1 aliphatic rings.